The fourth-order valence-corrected chi connectivity index (χ4v) is 4.06. The summed E-state index contributed by atoms with van der Waals surface area (Å²) in [7, 11) is 1.57. The summed E-state index contributed by atoms with van der Waals surface area (Å²) in [6.45, 7) is 0.189. The molecule has 6 nitrogen and oxygen atoms in total. The van der Waals surface area contributed by atoms with E-state index >= 15 is 0 Å². The van der Waals surface area contributed by atoms with Crippen molar-refractivity contribution < 1.29 is 18.4 Å². The number of hydrogen-bond donors (Lipinski definition) is 0. The standard InChI is InChI=1S/C23H16ClNO5/c1-28-15-5-2-4-13(10-15)20-19-21(26)17-11-14(24)7-8-18(17)30-22(19)23(27)25(20)12-16-6-3-9-29-16/h2-11,20H,12H2,1H3/t20-/m0/s1. The van der Waals surface area contributed by atoms with Crippen LogP contribution in [-0.4, -0.2) is 17.9 Å². The van der Waals surface area contributed by atoms with Gasteiger partial charge in [-0.2, -0.15) is 0 Å². The van der Waals surface area contributed by atoms with E-state index in [-0.39, 0.29) is 29.2 Å². The first kappa shape index (κ1) is 18.5. The van der Waals surface area contributed by atoms with E-state index in [1.807, 2.05) is 18.2 Å². The van der Waals surface area contributed by atoms with E-state index in [1.165, 1.54) is 0 Å². The van der Waals surface area contributed by atoms with Crippen molar-refractivity contribution in [2.24, 2.45) is 0 Å². The molecule has 0 spiro atoms. The fourth-order valence-electron chi connectivity index (χ4n) is 3.88. The number of fused-ring (bicyclic) bond motifs is 2. The number of carbonyl (C=O) groups is 1. The number of hydrogen-bond acceptors (Lipinski definition) is 5. The number of rotatable bonds is 4. The molecule has 0 bridgehead atoms. The lowest BCUT2D eigenvalue weighted by Crippen LogP contribution is -2.29. The van der Waals surface area contributed by atoms with Crippen LogP contribution in [0.1, 0.15) is 33.5 Å². The number of carbonyl (C=O) groups excluding carboxylic acids is 1. The van der Waals surface area contributed by atoms with Crippen molar-refractivity contribution >= 4 is 28.5 Å². The van der Waals surface area contributed by atoms with Crippen LogP contribution in [0.2, 0.25) is 5.02 Å². The molecule has 0 radical (unpaired) electrons. The Kier molecular flexibility index (Phi) is 4.37. The molecule has 1 amide bonds. The molecule has 30 heavy (non-hydrogen) atoms. The van der Waals surface area contributed by atoms with Gasteiger partial charge in [-0.1, -0.05) is 23.7 Å². The van der Waals surface area contributed by atoms with Gasteiger partial charge in [0.15, 0.2) is 5.43 Å². The molecule has 7 heteroatoms. The molecule has 1 aliphatic rings. The van der Waals surface area contributed by atoms with Crippen LogP contribution >= 0.6 is 11.6 Å². The minimum absolute atomic E-state index is 0.0363. The van der Waals surface area contributed by atoms with Crippen molar-refractivity contribution in [3.8, 4) is 5.75 Å². The summed E-state index contributed by atoms with van der Waals surface area (Å²) in [4.78, 5) is 28.3. The van der Waals surface area contributed by atoms with E-state index in [4.69, 9.17) is 25.2 Å². The molecule has 4 aromatic rings. The van der Waals surface area contributed by atoms with Gasteiger partial charge in [-0.3, -0.25) is 9.59 Å². The van der Waals surface area contributed by atoms with Crippen molar-refractivity contribution in [1.29, 1.82) is 0 Å². The third kappa shape index (κ3) is 2.88. The van der Waals surface area contributed by atoms with Crippen molar-refractivity contribution in [2.45, 2.75) is 12.6 Å². The minimum Gasteiger partial charge on any atom is -0.497 e. The summed E-state index contributed by atoms with van der Waals surface area (Å²) >= 11 is 6.10. The Bertz CT molecular complexity index is 1330. The average molecular weight is 422 g/mol. The molecule has 0 aliphatic carbocycles. The Hall–Kier alpha value is -3.51. The van der Waals surface area contributed by atoms with Gasteiger partial charge in [0.1, 0.15) is 17.1 Å². The number of methoxy groups -OCH3 is 1. The highest BCUT2D eigenvalue weighted by atomic mass is 35.5. The highest BCUT2D eigenvalue weighted by Crippen LogP contribution is 2.40. The van der Waals surface area contributed by atoms with E-state index in [0.717, 1.165) is 5.56 Å². The number of nitrogens with zero attached hydrogens (tertiary/aromatic N) is 1. The molecule has 0 saturated heterocycles. The number of amides is 1. The van der Waals surface area contributed by atoms with Gasteiger partial charge in [0, 0.05) is 5.02 Å². The topological polar surface area (TPSA) is 72.9 Å². The molecule has 1 aliphatic heterocycles. The van der Waals surface area contributed by atoms with E-state index < -0.39 is 6.04 Å². The predicted molar refractivity (Wildman–Crippen MR) is 111 cm³/mol. The Morgan fingerprint density at radius 2 is 1.97 bits per heavy atom. The van der Waals surface area contributed by atoms with E-state index in [1.54, 1.807) is 54.7 Å². The van der Waals surface area contributed by atoms with Crippen LogP contribution < -0.4 is 10.2 Å². The fraction of sp³-hybridized carbons (Fsp3) is 0.130. The quantitative estimate of drug-likeness (QED) is 0.473. The first-order valence-electron chi connectivity index (χ1n) is 9.30. The molecular weight excluding hydrogens is 406 g/mol. The Morgan fingerprint density at radius 1 is 1.10 bits per heavy atom. The lowest BCUT2D eigenvalue weighted by atomic mass is 9.98. The lowest BCUT2D eigenvalue weighted by Gasteiger charge is -2.24. The summed E-state index contributed by atoms with van der Waals surface area (Å²) in [6, 6.07) is 15.0. The molecule has 2 aromatic heterocycles. The van der Waals surface area contributed by atoms with Gasteiger partial charge in [-0.15, -0.1) is 0 Å². The van der Waals surface area contributed by atoms with Crippen LogP contribution in [0, 0.1) is 0 Å². The average Bonchev–Trinajstić information content (AvgIpc) is 3.36. The van der Waals surface area contributed by atoms with Crippen LogP contribution in [0.4, 0.5) is 0 Å². The van der Waals surface area contributed by atoms with E-state index in [9.17, 15) is 9.59 Å². The van der Waals surface area contributed by atoms with E-state index in [0.29, 0.717) is 27.5 Å². The normalized spacial score (nSPS) is 15.6. The van der Waals surface area contributed by atoms with Crippen molar-refractivity contribution in [3.63, 3.8) is 0 Å². The first-order valence-corrected chi connectivity index (χ1v) is 9.68. The maximum absolute atomic E-state index is 13.5. The predicted octanol–water partition coefficient (Wildman–Crippen LogP) is 4.79. The van der Waals surface area contributed by atoms with Gasteiger partial charge in [-0.05, 0) is 48.0 Å². The minimum atomic E-state index is -0.646. The van der Waals surface area contributed by atoms with Crippen LogP contribution in [-0.2, 0) is 6.54 Å². The summed E-state index contributed by atoms with van der Waals surface area (Å²) in [5.41, 5.74) is 1.06. The highest BCUT2D eigenvalue weighted by molar-refractivity contribution is 6.31. The van der Waals surface area contributed by atoms with Gasteiger partial charge >= 0.3 is 0 Å². The SMILES string of the molecule is COc1cccc([C@H]2c3c(oc4ccc(Cl)cc4c3=O)C(=O)N2Cc2ccco2)c1. The number of halogens is 1. The monoisotopic (exact) mass is 421 g/mol. The second-order valence-corrected chi connectivity index (χ2v) is 7.44. The number of furan rings is 1. The lowest BCUT2D eigenvalue weighted by molar-refractivity contribution is 0.0701. The van der Waals surface area contributed by atoms with Crippen LogP contribution in [0.15, 0.2) is 74.5 Å². The highest BCUT2D eigenvalue weighted by Gasteiger charge is 2.43. The molecule has 0 saturated carbocycles. The van der Waals surface area contributed by atoms with Crippen LogP contribution in [0.3, 0.4) is 0 Å². The first-order chi connectivity index (χ1) is 14.6. The Balaban J connectivity index is 1.76. The van der Waals surface area contributed by atoms with E-state index in [2.05, 4.69) is 0 Å². The van der Waals surface area contributed by atoms with Gasteiger partial charge in [0.2, 0.25) is 5.76 Å². The van der Waals surface area contributed by atoms with Crippen LogP contribution in [0.5, 0.6) is 5.75 Å². The van der Waals surface area contributed by atoms with Crippen molar-refractivity contribution in [3.05, 3.63) is 98.8 Å². The zero-order valence-electron chi connectivity index (χ0n) is 15.9. The second-order valence-electron chi connectivity index (χ2n) is 7.01. The number of benzene rings is 2. The Labute approximate surface area is 176 Å². The summed E-state index contributed by atoms with van der Waals surface area (Å²) in [6.07, 6.45) is 1.54. The third-order valence-corrected chi connectivity index (χ3v) is 5.48. The molecule has 0 N–H and O–H groups in total. The third-order valence-electron chi connectivity index (χ3n) is 5.24. The van der Waals surface area contributed by atoms with Gasteiger partial charge in [-0.25, -0.2) is 0 Å². The second kappa shape index (κ2) is 7.07. The Morgan fingerprint density at radius 3 is 2.73 bits per heavy atom. The van der Waals surface area contributed by atoms with Crippen LogP contribution in [0.25, 0.3) is 11.0 Å². The largest absolute Gasteiger partial charge is 0.497 e. The molecule has 0 fully saturated rings. The molecule has 150 valence electrons. The molecule has 3 heterocycles. The number of ether oxygens (including phenoxy) is 1. The van der Waals surface area contributed by atoms with Gasteiger partial charge < -0.3 is 18.5 Å². The summed E-state index contributed by atoms with van der Waals surface area (Å²) in [5.74, 6) is 0.890. The van der Waals surface area contributed by atoms with Crippen molar-refractivity contribution in [2.75, 3.05) is 7.11 Å². The van der Waals surface area contributed by atoms with Crippen molar-refractivity contribution in [1.82, 2.24) is 4.90 Å². The zero-order chi connectivity index (χ0) is 20.8. The molecule has 0 unspecified atom stereocenters. The smallest absolute Gasteiger partial charge is 0.291 e. The molecule has 1 atom stereocenters. The summed E-state index contributed by atoms with van der Waals surface area (Å²) < 4.78 is 16.7. The molecule has 2 aromatic carbocycles. The summed E-state index contributed by atoms with van der Waals surface area (Å²) in [5, 5.41) is 0.756. The molecular formula is C23H16ClNO5. The maximum atomic E-state index is 13.5. The van der Waals surface area contributed by atoms with Gasteiger partial charge in [0.25, 0.3) is 5.91 Å². The maximum Gasteiger partial charge on any atom is 0.291 e. The van der Waals surface area contributed by atoms with Gasteiger partial charge in [0.05, 0.1) is 36.9 Å². The zero-order valence-corrected chi connectivity index (χ0v) is 16.7. The molecule has 5 rings (SSSR count).